The Morgan fingerprint density at radius 3 is 2.67 bits per heavy atom. The van der Waals surface area contributed by atoms with Crippen LogP contribution in [0, 0.1) is 0 Å². The predicted molar refractivity (Wildman–Crippen MR) is 71.9 cm³/mol. The van der Waals surface area contributed by atoms with Gasteiger partial charge in [0.1, 0.15) is 5.75 Å². The molecule has 0 saturated heterocycles. The first-order valence-corrected chi connectivity index (χ1v) is 6.36. The number of hydrogen-bond acceptors (Lipinski definition) is 3. The van der Waals surface area contributed by atoms with E-state index in [2.05, 4.69) is 20.3 Å². The second-order valence-corrected chi connectivity index (χ2v) is 4.52. The molecule has 2 rings (SSSR count). The maximum Gasteiger partial charge on any atom is 0.387 e. The minimum absolute atomic E-state index is 0.0703. The van der Waals surface area contributed by atoms with Crippen LogP contribution in [0.1, 0.15) is 24.1 Å². The summed E-state index contributed by atoms with van der Waals surface area (Å²) in [5.41, 5.74) is 1.59. The van der Waals surface area contributed by atoms with Gasteiger partial charge in [-0.3, -0.25) is 9.89 Å². The number of nitrogens with one attached hydrogen (secondary N) is 2. The van der Waals surface area contributed by atoms with Crippen LogP contribution in [0.2, 0.25) is 0 Å². The zero-order chi connectivity index (χ0) is 15.2. The highest BCUT2D eigenvalue weighted by Gasteiger charge is 2.11. The molecule has 0 fully saturated rings. The molecule has 0 bridgehead atoms. The fourth-order valence-corrected chi connectivity index (χ4v) is 1.85. The quantitative estimate of drug-likeness (QED) is 0.860. The van der Waals surface area contributed by atoms with Crippen LogP contribution in [0.15, 0.2) is 36.7 Å². The molecular weight excluding hydrogens is 280 g/mol. The van der Waals surface area contributed by atoms with Crippen molar-refractivity contribution in [3.05, 3.63) is 47.8 Å². The normalized spacial score (nSPS) is 12.2. The van der Waals surface area contributed by atoms with Gasteiger partial charge >= 0.3 is 6.61 Å². The van der Waals surface area contributed by atoms with Crippen molar-refractivity contribution in [2.75, 3.05) is 0 Å². The number of alkyl halides is 2. The summed E-state index contributed by atoms with van der Waals surface area (Å²) >= 11 is 0. The molecule has 1 heterocycles. The van der Waals surface area contributed by atoms with Gasteiger partial charge in [-0.2, -0.15) is 13.9 Å². The predicted octanol–water partition coefficient (Wildman–Crippen LogP) is 2.43. The Bertz CT molecular complexity index is 570. The summed E-state index contributed by atoms with van der Waals surface area (Å²) in [6, 6.07) is 5.83. The monoisotopic (exact) mass is 295 g/mol. The van der Waals surface area contributed by atoms with Gasteiger partial charge in [0.25, 0.3) is 0 Å². The van der Waals surface area contributed by atoms with E-state index in [-0.39, 0.29) is 24.1 Å². The molecular formula is C14H15F2N3O2. The van der Waals surface area contributed by atoms with E-state index < -0.39 is 6.61 Å². The Labute approximate surface area is 120 Å². The lowest BCUT2D eigenvalue weighted by molar-refractivity contribution is -0.121. The molecule has 1 atom stereocenters. The molecule has 1 aromatic carbocycles. The number of carbonyl (C=O) groups excluding carboxylic acids is 1. The Morgan fingerprint density at radius 2 is 2.10 bits per heavy atom. The average molecular weight is 295 g/mol. The zero-order valence-corrected chi connectivity index (χ0v) is 11.3. The van der Waals surface area contributed by atoms with Gasteiger partial charge in [-0.15, -0.1) is 0 Å². The average Bonchev–Trinajstić information content (AvgIpc) is 2.94. The lowest BCUT2D eigenvalue weighted by Gasteiger charge is -2.12. The van der Waals surface area contributed by atoms with Crippen LogP contribution in [-0.2, 0) is 11.2 Å². The van der Waals surface area contributed by atoms with Gasteiger partial charge in [-0.05, 0) is 24.6 Å². The summed E-state index contributed by atoms with van der Waals surface area (Å²) in [7, 11) is 0. The molecule has 0 saturated carbocycles. The van der Waals surface area contributed by atoms with Crippen LogP contribution in [0.25, 0.3) is 0 Å². The Kier molecular flexibility index (Phi) is 4.86. The second kappa shape index (κ2) is 6.83. The maximum absolute atomic E-state index is 12.0. The number of benzene rings is 1. The highest BCUT2D eigenvalue weighted by molar-refractivity contribution is 5.79. The molecule has 0 aliphatic carbocycles. The van der Waals surface area contributed by atoms with Crippen molar-refractivity contribution in [1.82, 2.24) is 15.5 Å². The largest absolute Gasteiger partial charge is 0.435 e. The molecule has 21 heavy (non-hydrogen) atoms. The van der Waals surface area contributed by atoms with Crippen LogP contribution >= 0.6 is 0 Å². The maximum atomic E-state index is 12.0. The third kappa shape index (κ3) is 4.55. The van der Waals surface area contributed by atoms with Gasteiger partial charge in [-0.25, -0.2) is 0 Å². The lowest BCUT2D eigenvalue weighted by atomic mass is 10.1. The molecule has 1 unspecified atom stereocenters. The van der Waals surface area contributed by atoms with E-state index in [9.17, 15) is 13.6 Å². The number of halogens is 2. The minimum atomic E-state index is -2.85. The molecule has 5 nitrogen and oxygen atoms in total. The SMILES string of the molecule is CC(NC(=O)Cc1ccc(OC(F)F)cc1)c1cn[nH]c1. The van der Waals surface area contributed by atoms with Gasteiger partial charge in [-0.1, -0.05) is 12.1 Å². The van der Waals surface area contributed by atoms with Crippen molar-refractivity contribution in [2.45, 2.75) is 26.0 Å². The van der Waals surface area contributed by atoms with Gasteiger partial charge in [0.2, 0.25) is 5.91 Å². The third-order valence-electron chi connectivity index (χ3n) is 2.91. The zero-order valence-electron chi connectivity index (χ0n) is 11.3. The van der Waals surface area contributed by atoms with E-state index in [1.807, 2.05) is 6.92 Å². The van der Waals surface area contributed by atoms with Crippen molar-refractivity contribution in [2.24, 2.45) is 0 Å². The first kappa shape index (κ1) is 15.0. The van der Waals surface area contributed by atoms with Gasteiger partial charge in [0.15, 0.2) is 0 Å². The van der Waals surface area contributed by atoms with Crippen LogP contribution in [0.4, 0.5) is 8.78 Å². The van der Waals surface area contributed by atoms with E-state index in [4.69, 9.17) is 0 Å². The third-order valence-corrected chi connectivity index (χ3v) is 2.91. The Hall–Kier alpha value is -2.44. The number of hydrogen-bond donors (Lipinski definition) is 2. The van der Waals surface area contributed by atoms with Crippen molar-refractivity contribution in [3.63, 3.8) is 0 Å². The molecule has 0 radical (unpaired) electrons. The first-order valence-electron chi connectivity index (χ1n) is 6.36. The van der Waals surface area contributed by atoms with Crippen LogP contribution in [0.5, 0.6) is 5.75 Å². The lowest BCUT2D eigenvalue weighted by Crippen LogP contribution is -2.27. The topological polar surface area (TPSA) is 67.0 Å². The van der Waals surface area contributed by atoms with Crippen LogP contribution in [-0.4, -0.2) is 22.7 Å². The number of aromatic nitrogens is 2. The number of H-pyrrole nitrogens is 1. The summed E-state index contributed by atoms with van der Waals surface area (Å²) in [4.78, 5) is 11.9. The fraction of sp³-hybridized carbons (Fsp3) is 0.286. The summed E-state index contributed by atoms with van der Waals surface area (Å²) in [6.07, 6.45) is 3.51. The molecule has 0 spiro atoms. The van der Waals surface area contributed by atoms with Gasteiger partial charge in [0, 0.05) is 11.8 Å². The van der Waals surface area contributed by atoms with Gasteiger partial charge < -0.3 is 10.1 Å². The molecule has 1 amide bonds. The van der Waals surface area contributed by atoms with Crippen LogP contribution < -0.4 is 10.1 Å². The highest BCUT2D eigenvalue weighted by atomic mass is 19.3. The molecule has 0 aliphatic heterocycles. The first-order chi connectivity index (χ1) is 10.0. The van der Waals surface area contributed by atoms with E-state index in [1.54, 1.807) is 24.5 Å². The van der Waals surface area contributed by atoms with E-state index in [0.29, 0.717) is 5.56 Å². The number of amides is 1. The number of ether oxygens (including phenoxy) is 1. The molecule has 0 aliphatic rings. The van der Waals surface area contributed by atoms with Crippen LogP contribution in [0.3, 0.4) is 0 Å². The molecule has 2 aromatic rings. The summed E-state index contributed by atoms with van der Waals surface area (Å²) in [6.45, 7) is -1.00. The minimum Gasteiger partial charge on any atom is -0.435 e. The van der Waals surface area contributed by atoms with Crippen molar-refractivity contribution in [1.29, 1.82) is 0 Å². The van der Waals surface area contributed by atoms with Gasteiger partial charge in [0.05, 0.1) is 18.7 Å². The molecule has 112 valence electrons. The fourth-order valence-electron chi connectivity index (χ4n) is 1.85. The Balaban J connectivity index is 1.87. The standard InChI is InChI=1S/C14H15F2N3O2/c1-9(11-7-17-18-8-11)19-13(20)6-10-2-4-12(5-3-10)21-14(15)16/h2-5,7-9,14H,6H2,1H3,(H,17,18)(H,19,20). The van der Waals surface area contributed by atoms with E-state index in [1.165, 1.54) is 12.1 Å². The van der Waals surface area contributed by atoms with Crippen molar-refractivity contribution >= 4 is 5.91 Å². The van der Waals surface area contributed by atoms with Crippen molar-refractivity contribution < 1.29 is 18.3 Å². The smallest absolute Gasteiger partial charge is 0.387 e. The summed E-state index contributed by atoms with van der Waals surface area (Å²) < 4.78 is 28.3. The Morgan fingerprint density at radius 1 is 1.38 bits per heavy atom. The van der Waals surface area contributed by atoms with E-state index in [0.717, 1.165) is 5.56 Å². The number of nitrogens with zero attached hydrogens (tertiary/aromatic N) is 1. The van der Waals surface area contributed by atoms with Crippen molar-refractivity contribution in [3.8, 4) is 5.75 Å². The summed E-state index contributed by atoms with van der Waals surface area (Å²) in [5, 5.41) is 9.32. The second-order valence-electron chi connectivity index (χ2n) is 4.52. The molecule has 1 aromatic heterocycles. The van der Waals surface area contributed by atoms with E-state index >= 15 is 0 Å². The highest BCUT2D eigenvalue weighted by Crippen LogP contribution is 2.15. The molecule has 2 N–H and O–H groups in total. The summed E-state index contributed by atoms with van der Waals surface area (Å²) in [5.74, 6) is -0.0906. The number of aromatic amines is 1. The number of carbonyl (C=O) groups is 1. The molecule has 7 heteroatoms. The number of rotatable bonds is 6.